The summed E-state index contributed by atoms with van der Waals surface area (Å²) in [6, 6.07) is -0.248. The van der Waals surface area contributed by atoms with E-state index in [0.717, 1.165) is 0 Å². The van der Waals surface area contributed by atoms with E-state index in [0.29, 0.717) is 45.7 Å². The third-order valence-electron chi connectivity index (χ3n) is 2.37. The van der Waals surface area contributed by atoms with Crippen molar-refractivity contribution in [3.8, 4) is 0 Å². The highest BCUT2D eigenvalue weighted by atomic mass is 16.5. The van der Waals surface area contributed by atoms with Crippen molar-refractivity contribution in [3.05, 3.63) is 0 Å². The minimum absolute atomic E-state index is 0.146. The predicted octanol–water partition coefficient (Wildman–Crippen LogP) is -0.212. The fourth-order valence-electron chi connectivity index (χ4n) is 1.46. The van der Waals surface area contributed by atoms with Crippen molar-refractivity contribution in [1.82, 2.24) is 15.8 Å². The number of nitrogens with zero attached hydrogens (tertiary/aromatic N) is 1. The average molecular weight is 245 g/mol. The van der Waals surface area contributed by atoms with Gasteiger partial charge in [-0.25, -0.2) is 9.80 Å². The van der Waals surface area contributed by atoms with Crippen molar-refractivity contribution in [2.24, 2.45) is 0 Å². The maximum absolute atomic E-state index is 11.4. The first-order chi connectivity index (χ1) is 8.18. The third-order valence-corrected chi connectivity index (χ3v) is 2.37. The lowest BCUT2D eigenvalue weighted by Gasteiger charge is -2.26. The number of carbonyl (C=O) groups excluding carboxylic acids is 1. The number of hydrogen-bond acceptors (Lipinski definition) is 4. The smallest absolute Gasteiger partial charge is 0.329 e. The van der Waals surface area contributed by atoms with Crippen molar-refractivity contribution in [2.75, 3.05) is 32.8 Å². The van der Waals surface area contributed by atoms with E-state index >= 15 is 0 Å². The summed E-state index contributed by atoms with van der Waals surface area (Å²) in [4.78, 5) is 21.6. The number of carboxylic acid groups (broad SMARTS) is 1. The number of nitrogens with one attached hydrogen (secondary N) is 2. The van der Waals surface area contributed by atoms with E-state index in [1.165, 1.54) is 0 Å². The molecule has 0 saturated carbocycles. The van der Waals surface area contributed by atoms with Crippen LogP contribution >= 0.6 is 0 Å². The minimum atomic E-state index is -0.803. The molecule has 0 atom stereocenters. The number of carboxylic acids is 1. The lowest BCUT2D eigenvalue weighted by atomic mass is 10.2. The quantitative estimate of drug-likeness (QED) is 0.563. The molecule has 1 fully saturated rings. The summed E-state index contributed by atoms with van der Waals surface area (Å²) in [5, 5.41) is 12.9. The highest BCUT2D eigenvalue weighted by Gasteiger charge is 2.12. The molecule has 1 aliphatic rings. The van der Waals surface area contributed by atoms with E-state index in [1.54, 1.807) is 5.01 Å². The molecule has 98 valence electrons. The Hall–Kier alpha value is -1.34. The summed E-state index contributed by atoms with van der Waals surface area (Å²) in [6.45, 7) is 3.11. The second-order valence-corrected chi connectivity index (χ2v) is 3.82. The Morgan fingerprint density at radius 1 is 1.24 bits per heavy atom. The molecular formula is C10H19N3O4. The summed E-state index contributed by atoms with van der Waals surface area (Å²) in [7, 11) is 0. The average Bonchev–Trinajstić information content (AvgIpc) is 2.29. The molecule has 3 N–H and O–H groups in total. The maximum atomic E-state index is 11.4. The van der Waals surface area contributed by atoms with Gasteiger partial charge in [-0.3, -0.25) is 10.2 Å². The van der Waals surface area contributed by atoms with Gasteiger partial charge in [-0.1, -0.05) is 0 Å². The summed E-state index contributed by atoms with van der Waals surface area (Å²) in [5.74, 6) is -0.803. The number of hydrazine groups is 1. The van der Waals surface area contributed by atoms with Gasteiger partial charge >= 0.3 is 12.0 Å². The largest absolute Gasteiger partial charge is 0.481 e. The molecule has 1 saturated heterocycles. The van der Waals surface area contributed by atoms with E-state index in [-0.39, 0.29) is 12.5 Å². The molecule has 0 radical (unpaired) electrons. The van der Waals surface area contributed by atoms with Crippen LogP contribution in [-0.4, -0.2) is 55.0 Å². The number of hydrogen-bond donors (Lipinski definition) is 3. The molecule has 0 spiro atoms. The Labute approximate surface area is 100 Å². The molecule has 1 rings (SSSR count). The lowest BCUT2D eigenvalue weighted by molar-refractivity contribution is -0.137. The SMILES string of the molecule is O=C(O)CCCCNC(=O)NN1CCOCC1. The van der Waals surface area contributed by atoms with Crippen LogP contribution in [0.5, 0.6) is 0 Å². The second kappa shape index (κ2) is 7.86. The zero-order valence-electron chi connectivity index (χ0n) is 9.78. The number of amides is 2. The Kier molecular flexibility index (Phi) is 6.34. The van der Waals surface area contributed by atoms with Crippen LogP contribution in [0.3, 0.4) is 0 Å². The van der Waals surface area contributed by atoms with Gasteiger partial charge in [0.1, 0.15) is 0 Å². The molecule has 0 bridgehead atoms. The normalized spacial score (nSPS) is 16.5. The zero-order chi connectivity index (χ0) is 12.5. The fourth-order valence-corrected chi connectivity index (χ4v) is 1.46. The molecule has 2 amide bonds. The Bertz CT molecular complexity index is 254. The van der Waals surface area contributed by atoms with Crippen molar-refractivity contribution in [3.63, 3.8) is 0 Å². The molecule has 1 aliphatic heterocycles. The van der Waals surface area contributed by atoms with Crippen LogP contribution < -0.4 is 10.7 Å². The molecular weight excluding hydrogens is 226 g/mol. The maximum Gasteiger partial charge on any atom is 0.329 e. The highest BCUT2D eigenvalue weighted by molar-refractivity contribution is 5.73. The molecule has 0 aromatic carbocycles. The third kappa shape index (κ3) is 6.75. The van der Waals surface area contributed by atoms with Crippen molar-refractivity contribution >= 4 is 12.0 Å². The molecule has 7 nitrogen and oxygen atoms in total. The van der Waals surface area contributed by atoms with Crippen LogP contribution in [0.25, 0.3) is 0 Å². The first kappa shape index (κ1) is 13.7. The molecule has 17 heavy (non-hydrogen) atoms. The van der Waals surface area contributed by atoms with E-state index < -0.39 is 5.97 Å². The summed E-state index contributed by atoms with van der Waals surface area (Å²) in [6.07, 6.45) is 1.39. The van der Waals surface area contributed by atoms with Gasteiger partial charge < -0.3 is 15.2 Å². The van der Waals surface area contributed by atoms with Crippen LogP contribution in [0.2, 0.25) is 0 Å². The summed E-state index contributed by atoms with van der Waals surface area (Å²) in [5.41, 5.74) is 2.71. The van der Waals surface area contributed by atoms with E-state index in [9.17, 15) is 9.59 Å². The first-order valence-corrected chi connectivity index (χ1v) is 5.77. The van der Waals surface area contributed by atoms with Crippen LogP contribution in [0.1, 0.15) is 19.3 Å². The zero-order valence-corrected chi connectivity index (χ0v) is 9.78. The Morgan fingerprint density at radius 2 is 1.94 bits per heavy atom. The topological polar surface area (TPSA) is 90.9 Å². The van der Waals surface area contributed by atoms with E-state index in [2.05, 4.69) is 10.7 Å². The van der Waals surface area contributed by atoms with E-state index in [4.69, 9.17) is 9.84 Å². The molecule has 0 aromatic rings. The van der Waals surface area contributed by atoms with Crippen LogP contribution in [-0.2, 0) is 9.53 Å². The van der Waals surface area contributed by atoms with Gasteiger partial charge in [-0.15, -0.1) is 0 Å². The van der Waals surface area contributed by atoms with Gasteiger partial charge in [0.15, 0.2) is 0 Å². The fraction of sp³-hybridized carbons (Fsp3) is 0.800. The van der Waals surface area contributed by atoms with Gasteiger partial charge in [-0.2, -0.15) is 0 Å². The van der Waals surface area contributed by atoms with Gasteiger partial charge in [0, 0.05) is 26.1 Å². The van der Waals surface area contributed by atoms with Gasteiger partial charge in [-0.05, 0) is 12.8 Å². The minimum Gasteiger partial charge on any atom is -0.481 e. The summed E-state index contributed by atoms with van der Waals surface area (Å²) < 4.78 is 5.15. The standard InChI is InChI=1S/C10H19N3O4/c14-9(15)3-1-2-4-11-10(16)12-13-5-7-17-8-6-13/h1-8H2,(H,14,15)(H2,11,12,16). The molecule has 1 heterocycles. The molecule has 0 aliphatic carbocycles. The number of ether oxygens (including phenoxy) is 1. The number of carbonyl (C=O) groups is 2. The molecule has 0 unspecified atom stereocenters. The van der Waals surface area contributed by atoms with Gasteiger partial charge in [0.25, 0.3) is 0 Å². The number of morpholine rings is 1. The highest BCUT2D eigenvalue weighted by Crippen LogP contribution is 1.94. The van der Waals surface area contributed by atoms with Crippen molar-refractivity contribution in [2.45, 2.75) is 19.3 Å². The predicted molar refractivity (Wildman–Crippen MR) is 60.4 cm³/mol. The van der Waals surface area contributed by atoms with E-state index in [1.807, 2.05) is 0 Å². The van der Waals surface area contributed by atoms with Crippen molar-refractivity contribution < 1.29 is 19.4 Å². The number of aliphatic carboxylic acids is 1. The van der Waals surface area contributed by atoms with Crippen LogP contribution in [0.15, 0.2) is 0 Å². The summed E-state index contributed by atoms with van der Waals surface area (Å²) >= 11 is 0. The number of rotatable bonds is 6. The molecule has 7 heteroatoms. The molecule has 0 aromatic heterocycles. The first-order valence-electron chi connectivity index (χ1n) is 5.77. The van der Waals surface area contributed by atoms with Gasteiger partial charge in [0.05, 0.1) is 13.2 Å². The lowest BCUT2D eigenvalue weighted by Crippen LogP contribution is -2.51. The Balaban J connectivity index is 1.98. The van der Waals surface area contributed by atoms with Gasteiger partial charge in [0.2, 0.25) is 0 Å². The second-order valence-electron chi connectivity index (χ2n) is 3.82. The van der Waals surface area contributed by atoms with Crippen molar-refractivity contribution in [1.29, 1.82) is 0 Å². The van der Waals surface area contributed by atoms with Crippen LogP contribution in [0.4, 0.5) is 4.79 Å². The monoisotopic (exact) mass is 245 g/mol. The van der Waals surface area contributed by atoms with Crippen LogP contribution in [0, 0.1) is 0 Å². The Morgan fingerprint density at radius 3 is 2.59 bits per heavy atom. The number of urea groups is 1. The number of unbranched alkanes of at least 4 members (excludes halogenated alkanes) is 1.